The third-order valence-corrected chi connectivity index (χ3v) is 1.34. The first kappa shape index (κ1) is 8.00. The summed E-state index contributed by atoms with van der Waals surface area (Å²) in [4.78, 5) is 26.4. The van der Waals surface area contributed by atoms with Gasteiger partial charge in [0.15, 0.2) is 0 Å². The molecule has 0 atom stereocenters. The zero-order valence-electron chi connectivity index (χ0n) is 6.46. The summed E-state index contributed by atoms with van der Waals surface area (Å²) < 4.78 is 0. The van der Waals surface area contributed by atoms with Crippen LogP contribution in [-0.4, -0.2) is 22.6 Å². The SMILES string of the molecule is CC1(C)CC(=O)N(C(N)=O)O1. The molecule has 0 saturated carbocycles. The van der Waals surface area contributed by atoms with E-state index in [1.807, 2.05) is 0 Å². The van der Waals surface area contributed by atoms with Gasteiger partial charge in [0, 0.05) is 0 Å². The van der Waals surface area contributed by atoms with E-state index in [4.69, 9.17) is 10.6 Å². The molecule has 0 radical (unpaired) electrons. The van der Waals surface area contributed by atoms with Crippen LogP contribution in [0.25, 0.3) is 0 Å². The minimum Gasteiger partial charge on any atom is -0.349 e. The van der Waals surface area contributed by atoms with Crippen LogP contribution in [0, 0.1) is 0 Å². The first-order valence-electron chi connectivity index (χ1n) is 3.24. The van der Waals surface area contributed by atoms with Crippen LogP contribution in [0.1, 0.15) is 20.3 Å². The molecule has 2 N–H and O–H groups in total. The number of rotatable bonds is 0. The molecule has 1 aliphatic heterocycles. The standard InChI is InChI=1S/C6H10N2O3/c1-6(2)3-4(9)8(11-6)5(7)10/h3H2,1-2H3,(H2,7,10). The van der Waals surface area contributed by atoms with Gasteiger partial charge in [0.05, 0.1) is 6.42 Å². The molecule has 11 heavy (non-hydrogen) atoms. The third kappa shape index (κ3) is 1.48. The van der Waals surface area contributed by atoms with E-state index in [0.29, 0.717) is 5.06 Å². The smallest absolute Gasteiger partial charge is 0.346 e. The molecule has 0 aliphatic carbocycles. The summed E-state index contributed by atoms with van der Waals surface area (Å²) in [5.74, 6) is -0.387. The molecule has 0 aromatic heterocycles. The lowest BCUT2D eigenvalue weighted by Gasteiger charge is -2.15. The fourth-order valence-corrected chi connectivity index (χ4v) is 0.934. The van der Waals surface area contributed by atoms with Gasteiger partial charge in [0.25, 0.3) is 5.91 Å². The van der Waals surface area contributed by atoms with E-state index < -0.39 is 11.6 Å². The number of urea groups is 1. The Labute approximate surface area is 64.0 Å². The van der Waals surface area contributed by atoms with E-state index in [9.17, 15) is 9.59 Å². The largest absolute Gasteiger partial charge is 0.349 e. The maximum atomic E-state index is 10.9. The molecule has 1 heterocycles. The van der Waals surface area contributed by atoms with Crippen molar-refractivity contribution < 1.29 is 14.4 Å². The van der Waals surface area contributed by atoms with Crippen LogP contribution in [-0.2, 0) is 9.63 Å². The molecule has 5 nitrogen and oxygen atoms in total. The first-order chi connectivity index (χ1) is 4.92. The van der Waals surface area contributed by atoms with Gasteiger partial charge in [0.1, 0.15) is 5.60 Å². The molecule has 1 fully saturated rings. The van der Waals surface area contributed by atoms with E-state index in [-0.39, 0.29) is 12.3 Å². The van der Waals surface area contributed by atoms with Crippen molar-refractivity contribution in [2.45, 2.75) is 25.9 Å². The molecular formula is C6H10N2O3. The molecule has 0 spiro atoms. The van der Waals surface area contributed by atoms with Crippen molar-refractivity contribution in [2.75, 3.05) is 0 Å². The Morgan fingerprint density at radius 1 is 1.73 bits per heavy atom. The minimum absolute atomic E-state index is 0.190. The highest BCUT2D eigenvalue weighted by Gasteiger charge is 2.40. The molecule has 1 rings (SSSR count). The van der Waals surface area contributed by atoms with Crippen LogP contribution in [0.2, 0.25) is 0 Å². The average Bonchev–Trinajstić information content (AvgIpc) is 2.05. The number of primary amides is 1. The van der Waals surface area contributed by atoms with Gasteiger partial charge in [-0.1, -0.05) is 0 Å². The number of hydrogen-bond donors (Lipinski definition) is 1. The fraction of sp³-hybridized carbons (Fsp3) is 0.667. The van der Waals surface area contributed by atoms with Gasteiger partial charge in [-0.2, -0.15) is 0 Å². The average molecular weight is 158 g/mol. The summed E-state index contributed by atoms with van der Waals surface area (Å²) in [7, 11) is 0. The lowest BCUT2D eigenvalue weighted by Crippen LogP contribution is -2.36. The van der Waals surface area contributed by atoms with Crippen molar-refractivity contribution in [3.63, 3.8) is 0 Å². The Morgan fingerprint density at radius 2 is 2.27 bits per heavy atom. The molecule has 5 heteroatoms. The monoisotopic (exact) mass is 158 g/mol. The number of hydrogen-bond acceptors (Lipinski definition) is 3. The number of hydroxylamine groups is 2. The number of nitrogens with two attached hydrogens (primary N) is 1. The number of carbonyl (C=O) groups excluding carboxylic acids is 2. The third-order valence-electron chi connectivity index (χ3n) is 1.34. The predicted molar refractivity (Wildman–Crippen MR) is 36.2 cm³/mol. The number of imide groups is 1. The Morgan fingerprint density at radius 3 is 2.45 bits per heavy atom. The molecule has 1 aliphatic rings. The molecular weight excluding hydrogens is 148 g/mol. The van der Waals surface area contributed by atoms with E-state index in [1.165, 1.54) is 0 Å². The zero-order chi connectivity index (χ0) is 8.65. The maximum Gasteiger partial charge on any atom is 0.346 e. The Hall–Kier alpha value is -1.10. The van der Waals surface area contributed by atoms with Crippen LogP contribution in [0.4, 0.5) is 4.79 Å². The molecule has 1 saturated heterocycles. The molecule has 62 valence electrons. The van der Waals surface area contributed by atoms with E-state index in [0.717, 1.165) is 0 Å². The van der Waals surface area contributed by atoms with Crippen molar-refractivity contribution in [3.05, 3.63) is 0 Å². The van der Waals surface area contributed by atoms with Crippen LogP contribution < -0.4 is 5.73 Å². The summed E-state index contributed by atoms with van der Waals surface area (Å²) in [6.07, 6.45) is 0.190. The predicted octanol–water partition coefficient (Wildman–Crippen LogP) is 0.00760. The van der Waals surface area contributed by atoms with E-state index in [2.05, 4.69) is 0 Å². The molecule has 0 aromatic carbocycles. The van der Waals surface area contributed by atoms with Crippen LogP contribution in [0.5, 0.6) is 0 Å². The number of nitrogens with zero attached hydrogens (tertiary/aromatic N) is 1. The second-order valence-electron chi connectivity index (χ2n) is 3.05. The van der Waals surface area contributed by atoms with Crippen LogP contribution in [0.15, 0.2) is 0 Å². The van der Waals surface area contributed by atoms with E-state index in [1.54, 1.807) is 13.8 Å². The Bertz CT molecular complexity index is 212. The van der Waals surface area contributed by atoms with E-state index >= 15 is 0 Å². The summed E-state index contributed by atoms with van der Waals surface area (Å²) in [5.41, 5.74) is 4.25. The first-order valence-corrected chi connectivity index (χ1v) is 3.24. The quantitative estimate of drug-likeness (QED) is 0.539. The maximum absolute atomic E-state index is 10.9. The van der Waals surface area contributed by atoms with Gasteiger partial charge in [-0.25, -0.2) is 4.79 Å². The van der Waals surface area contributed by atoms with Crippen molar-refractivity contribution in [2.24, 2.45) is 5.73 Å². The van der Waals surface area contributed by atoms with Crippen molar-refractivity contribution in [1.29, 1.82) is 0 Å². The lowest BCUT2D eigenvalue weighted by molar-refractivity contribution is -0.166. The normalized spacial score (nSPS) is 22.4. The highest BCUT2D eigenvalue weighted by Crippen LogP contribution is 2.24. The minimum atomic E-state index is -0.861. The summed E-state index contributed by atoms with van der Waals surface area (Å²) in [6, 6.07) is -0.861. The Balaban J connectivity index is 2.74. The second-order valence-corrected chi connectivity index (χ2v) is 3.05. The van der Waals surface area contributed by atoms with Gasteiger partial charge < -0.3 is 5.73 Å². The molecule has 0 bridgehead atoms. The van der Waals surface area contributed by atoms with Gasteiger partial charge in [-0.05, 0) is 13.8 Å². The van der Waals surface area contributed by atoms with Gasteiger partial charge in [-0.3, -0.25) is 9.63 Å². The fourth-order valence-electron chi connectivity index (χ4n) is 0.934. The summed E-state index contributed by atoms with van der Waals surface area (Å²) in [5, 5.41) is 0.597. The van der Waals surface area contributed by atoms with Gasteiger partial charge >= 0.3 is 6.03 Å². The van der Waals surface area contributed by atoms with Crippen LogP contribution >= 0.6 is 0 Å². The lowest BCUT2D eigenvalue weighted by atomic mass is 10.1. The number of carbonyl (C=O) groups is 2. The van der Waals surface area contributed by atoms with Gasteiger partial charge in [-0.15, -0.1) is 5.06 Å². The van der Waals surface area contributed by atoms with Gasteiger partial charge in [0.2, 0.25) is 0 Å². The van der Waals surface area contributed by atoms with Crippen molar-refractivity contribution in [1.82, 2.24) is 5.06 Å². The summed E-state index contributed by atoms with van der Waals surface area (Å²) in [6.45, 7) is 3.43. The highest BCUT2D eigenvalue weighted by molar-refractivity contribution is 5.93. The molecule has 0 unspecified atom stereocenters. The Kier molecular flexibility index (Phi) is 1.60. The second kappa shape index (κ2) is 2.20. The highest BCUT2D eigenvalue weighted by atomic mass is 16.7. The summed E-state index contributed by atoms with van der Waals surface area (Å²) >= 11 is 0. The topological polar surface area (TPSA) is 72.6 Å². The molecule has 3 amide bonds. The van der Waals surface area contributed by atoms with Crippen molar-refractivity contribution >= 4 is 11.9 Å². The molecule has 0 aromatic rings. The number of amides is 3. The van der Waals surface area contributed by atoms with Crippen molar-refractivity contribution in [3.8, 4) is 0 Å². The van der Waals surface area contributed by atoms with Crippen LogP contribution in [0.3, 0.4) is 0 Å². The zero-order valence-corrected chi connectivity index (χ0v) is 6.46.